The number of nitrogens with two attached hydrogens (primary N) is 1. The van der Waals surface area contributed by atoms with Gasteiger partial charge in [0.25, 0.3) is 0 Å². The van der Waals surface area contributed by atoms with Crippen LogP contribution in [0.5, 0.6) is 0 Å². The summed E-state index contributed by atoms with van der Waals surface area (Å²) in [7, 11) is 10.7. The topological polar surface area (TPSA) is 47.8 Å². The summed E-state index contributed by atoms with van der Waals surface area (Å²) in [6.45, 7) is 6.24. The van der Waals surface area contributed by atoms with E-state index in [1.54, 1.807) is 0 Å². The summed E-state index contributed by atoms with van der Waals surface area (Å²) < 4.78 is 0. The van der Waals surface area contributed by atoms with Gasteiger partial charge in [0, 0.05) is 25.7 Å². The molecule has 0 aromatic rings. The standard InChI is InChI=1S/C14H35N5/c1-17(2)11-7-14(13-18(3)4)16-9-12-19(5)10-6-8-15/h14,16H,6-13,15H2,1-5H3. The van der Waals surface area contributed by atoms with Crippen LogP contribution in [0.25, 0.3) is 0 Å². The Morgan fingerprint density at radius 3 is 2.16 bits per heavy atom. The normalized spacial score (nSPS) is 13.7. The first-order valence-corrected chi connectivity index (χ1v) is 7.37. The van der Waals surface area contributed by atoms with E-state index in [-0.39, 0.29) is 0 Å². The molecule has 0 saturated heterocycles. The largest absolute Gasteiger partial charge is 0.330 e. The molecule has 0 spiro atoms. The SMILES string of the molecule is CN(C)CCC(CN(C)C)NCCN(C)CCCN. The molecule has 0 aliphatic rings. The molecule has 0 amide bonds. The summed E-state index contributed by atoms with van der Waals surface area (Å²) in [5.41, 5.74) is 5.52. The third kappa shape index (κ3) is 12.6. The zero-order valence-corrected chi connectivity index (χ0v) is 13.7. The highest BCUT2D eigenvalue weighted by atomic mass is 15.1. The first-order valence-electron chi connectivity index (χ1n) is 7.37. The van der Waals surface area contributed by atoms with Crippen molar-refractivity contribution in [2.75, 3.05) is 74.5 Å². The summed E-state index contributed by atoms with van der Waals surface area (Å²) in [6, 6.07) is 0.570. The Kier molecular flexibility index (Phi) is 11.5. The average Bonchev–Trinajstić information content (AvgIpc) is 2.32. The molecule has 0 rings (SSSR count). The molecule has 5 nitrogen and oxygen atoms in total. The zero-order valence-electron chi connectivity index (χ0n) is 13.7. The van der Waals surface area contributed by atoms with Crippen molar-refractivity contribution in [2.24, 2.45) is 5.73 Å². The van der Waals surface area contributed by atoms with E-state index >= 15 is 0 Å². The fourth-order valence-corrected chi connectivity index (χ4v) is 2.05. The predicted octanol–water partition coefficient (Wildman–Crippen LogP) is -0.261. The highest BCUT2D eigenvalue weighted by Gasteiger charge is 2.10. The van der Waals surface area contributed by atoms with Crippen LogP contribution in [0.1, 0.15) is 12.8 Å². The summed E-state index contributed by atoms with van der Waals surface area (Å²) in [5.74, 6) is 0. The van der Waals surface area contributed by atoms with Crippen molar-refractivity contribution in [3.05, 3.63) is 0 Å². The van der Waals surface area contributed by atoms with Gasteiger partial charge in [0.15, 0.2) is 0 Å². The van der Waals surface area contributed by atoms with E-state index < -0.39 is 0 Å². The maximum Gasteiger partial charge on any atom is 0.0207 e. The molecule has 0 aromatic carbocycles. The fraction of sp³-hybridized carbons (Fsp3) is 1.00. The van der Waals surface area contributed by atoms with Crippen molar-refractivity contribution in [1.82, 2.24) is 20.0 Å². The van der Waals surface area contributed by atoms with Crippen molar-refractivity contribution < 1.29 is 0 Å². The molecular weight excluding hydrogens is 238 g/mol. The van der Waals surface area contributed by atoms with Crippen LogP contribution in [-0.2, 0) is 0 Å². The second-order valence-corrected chi connectivity index (χ2v) is 5.95. The third-order valence-corrected chi connectivity index (χ3v) is 3.18. The summed E-state index contributed by atoms with van der Waals surface area (Å²) in [6.07, 6.45) is 2.27. The Morgan fingerprint density at radius 2 is 1.63 bits per heavy atom. The maximum absolute atomic E-state index is 5.52. The maximum atomic E-state index is 5.52. The monoisotopic (exact) mass is 273 g/mol. The van der Waals surface area contributed by atoms with E-state index in [2.05, 4.69) is 55.3 Å². The molecule has 0 bridgehead atoms. The highest BCUT2D eigenvalue weighted by Crippen LogP contribution is 1.96. The molecule has 5 heteroatoms. The van der Waals surface area contributed by atoms with Crippen molar-refractivity contribution in [3.63, 3.8) is 0 Å². The van der Waals surface area contributed by atoms with Crippen LogP contribution in [0.4, 0.5) is 0 Å². The third-order valence-electron chi connectivity index (χ3n) is 3.18. The lowest BCUT2D eigenvalue weighted by Crippen LogP contribution is -2.43. The number of likely N-dealkylation sites (N-methyl/N-ethyl adjacent to an activating group) is 2. The molecule has 0 aliphatic carbocycles. The van der Waals surface area contributed by atoms with Crippen LogP contribution in [0, 0.1) is 0 Å². The Labute approximate surface area is 120 Å². The number of rotatable bonds is 12. The van der Waals surface area contributed by atoms with Crippen LogP contribution in [0.15, 0.2) is 0 Å². The first kappa shape index (κ1) is 18.8. The van der Waals surface area contributed by atoms with Gasteiger partial charge in [-0.15, -0.1) is 0 Å². The van der Waals surface area contributed by atoms with Gasteiger partial charge in [-0.1, -0.05) is 0 Å². The van der Waals surface area contributed by atoms with Gasteiger partial charge in [-0.2, -0.15) is 0 Å². The highest BCUT2D eigenvalue weighted by molar-refractivity contribution is 4.71. The molecular formula is C14H35N5. The van der Waals surface area contributed by atoms with Gasteiger partial charge >= 0.3 is 0 Å². The Bertz CT molecular complexity index is 196. The van der Waals surface area contributed by atoms with E-state index in [1.165, 1.54) is 6.42 Å². The summed E-state index contributed by atoms with van der Waals surface area (Å²) >= 11 is 0. The minimum atomic E-state index is 0.570. The van der Waals surface area contributed by atoms with Crippen molar-refractivity contribution in [1.29, 1.82) is 0 Å². The quantitative estimate of drug-likeness (QED) is 0.513. The van der Waals surface area contributed by atoms with E-state index in [4.69, 9.17) is 5.73 Å². The lowest BCUT2D eigenvalue weighted by Gasteiger charge is -2.25. The molecule has 0 saturated carbocycles. The van der Waals surface area contributed by atoms with E-state index in [1.807, 2.05) is 0 Å². The molecule has 1 unspecified atom stereocenters. The van der Waals surface area contributed by atoms with Gasteiger partial charge in [-0.25, -0.2) is 0 Å². The minimum Gasteiger partial charge on any atom is -0.330 e. The van der Waals surface area contributed by atoms with Crippen LogP contribution in [-0.4, -0.2) is 95.2 Å². The smallest absolute Gasteiger partial charge is 0.0207 e. The van der Waals surface area contributed by atoms with E-state index in [0.717, 1.165) is 45.7 Å². The lowest BCUT2D eigenvalue weighted by molar-refractivity contribution is 0.276. The molecule has 0 radical (unpaired) electrons. The molecule has 0 aliphatic heterocycles. The van der Waals surface area contributed by atoms with Gasteiger partial charge < -0.3 is 25.8 Å². The van der Waals surface area contributed by atoms with Crippen LogP contribution >= 0.6 is 0 Å². The molecule has 0 aromatic heterocycles. The Balaban J connectivity index is 3.84. The average molecular weight is 273 g/mol. The second kappa shape index (κ2) is 11.6. The number of nitrogens with zero attached hydrogens (tertiary/aromatic N) is 3. The fourth-order valence-electron chi connectivity index (χ4n) is 2.05. The van der Waals surface area contributed by atoms with Crippen molar-refractivity contribution >= 4 is 0 Å². The lowest BCUT2D eigenvalue weighted by atomic mass is 10.2. The number of nitrogens with one attached hydrogen (secondary N) is 1. The van der Waals surface area contributed by atoms with Gasteiger partial charge in [0.1, 0.15) is 0 Å². The molecule has 116 valence electrons. The molecule has 0 fully saturated rings. The molecule has 1 atom stereocenters. The number of hydrogen-bond acceptors (Lipinski definition) is 5. The Morgan fingerprint density at radius 1 is 0.947 bits per heavy atom. The number of hydrogen-bond donors (Lipinski definition) is 2. The van der Waals surface area contributed by atoms with Gasteiger partial charge in [0.2, 0.25) is 0 Å². The van der Waals surface area contributed by atoms with Crippen LogP contribution in [0.2, 0.25) is 0 Å². The zero-order chi connectivity index (χ0) is 14.7. The van der Waals surface area contributed by atoms with E-state index in [0.29, 0.717) is 6.04 Å². The van der Waals surface area contributed by atoms with Crippen molar-refractivity contribution in [3.8, 4) is 0 Å². The molecule has 0 heterocycles. The van der Waals surface area contributed by atoms with Crippen LogP contribution in [0.3, 0.4) is 0 Å². The van der Waals surface area contributed by atoms with Gasteiger partial charge in [-0.3, -0.25) is 0 Å². The first-order chi connectivity index (χ1) is 8.95. The summed E-state index contributed by atoms with van der Waals surface area (Å²) in [4.78, 5) is 6.85. The summed E-state index contributed by atoms with van der Waals surface area (Å²) in [5, 5.41) is 3.67. The Hall–Kier alpha value is -0.200. The second-order valence-electron chi connectivity index (χ2n) is 5.95. The minimum absolute atomic E-state index is 0.570. The van der Waals surface area contributed by atoms with Gasteiger partial charge in [-0.05, 0) is 67.7 Å². The van der Waals surface area contributed by atoms with E-state index in [9.17, 15) is 0 Å². The van der Waals surface area contributed by atoms with Crippen molar-refractivity contribution in [2.45, 2.75) is 18.9 Å². The van der Waals surface area contributed by atoms with Crippen LogP contribution < -0.4 is 11.1 Å². The predicted molar refractivity (Wildman–Crippen MR) is 84.7 cm³/mol. The van der Waals surface area contributed by atoms with Gasteiger partial charge in [0.05, 0.1) is 0 Å². The molecule has 3 N–H and O–H groups in total. The molecule has 19 heavy (non-hydrogen) atoms.